The third-order valence-corrected chi connectivity index (χ3v) is 2.49. The molecule has 0 aliphatic rings. The van der Waals surface area contributed by atoms with Gasteiger partial charge in [-0.2, -0.15) is 0 Å². The fourth-order valence-electron chi connectivity index (χ4n) is 1.35. The number of carboxylic acid groups (broad SMARTS) is 1. The van der Waals surface area contributed by atoms with Crippen molar-refractivity contribution in [3.63, 3.8) is 0 Å². The summed E-state index contributed by atoms with van der Waals surface area (Å²) in [5, 5.41) is 9.19. The van der Waals surface area contributed by atoms with E-state index in [4.69, 9.17) is 21.4 Å². The predicted molar refractivity (Wildman–Crippen MR) is 63.8 cm³/mol. The molecule has 1 aromatic carbocycles. The third kappa shape index (κ3) is 3.20. The van der Waals surface area contributed by atoms with Gasteiger partial charge < -0.3 is 9.84 Å². The lowest BCUT2D eigenvalue weighted by Crippen LogP contribution is -2.09. The molecule has 0 aliphatic carbocycles. The van der Waals surface area contributed by atoms with Crippen LogP contribution in [-0.4, -0.2) is 17.0 Å². The number of carbonyl (C=O) groups is 2. The zero-order valence-electron chi connectivity index (χ0n) is 9.78. The van der Waals surface area contributed by atoms with E-state index in [1.165, 1.54) is 13.0 Å². The van der Waals surface area contributed by atoms with Crippen LogP contribution in [0, 0.1) is 0 Å². The molecule has 0 unspecified atom stereocenters. The fraction of sp³-hybridized carbons (Fsp3) is 0.333. The highest BCUT2D eigenvalue weighted by molar-refractivity contribution is 6.32. The van der Waals surface area contributed by atoms with Crippen LogP contribution in [0.5, 0.6) is 5.75 Å². The topological polar surface area (TPSA) is 63.6 Å². The molecule has 0 aromatic heterocycles. The van der Waals surface area contributed by atoms with E-state index < -0.39 is 11.9 Å². The van der Waals surface area contributed by atoms with Gasteiger partial charge in [0.1, 0.15) is 5.56 Å². The number of hydrogen-bond acceptors (Lipinski definition) is 3. The van der Waals surface area contributed by atoms with Crippen molar-refractivity contribution in [2.24, 2.45) is 0 Å². The van der Waals surface area contributed by atoms with E-state index in [-0.39, 0.29) is 22.3 Å². The minimum Gasteiger partial charge on any atom is -0.478 e. The monoisotopic (exact) mass is 256 g/mol. The van der Waals surface area contributed by atoms with Gasteiger partial charge in [-0.3, -0.25) is 4.79 Å². The Labute approximate surface area is 104 Å². The van der Waals surface area contributed by atoms with Crippen molar-refractivity contribution in [2.45, 2.75) is 26.7 Å². The summed E-state index contributed by atoms with van der Waals surface area (Å²) in [6.45, 7) is 5.03. The van der Waals surface area contributed by atoms with E-state index in [1.54, 1.807) is 6.07 Å². The number of aromatic carboxylic acids is 1. The molecule has 4 nitrogen and oxygen atoms in total. The summed E-state index contributed by atoms with van der Waals surface area (Å²) >= 11 is 5.93. The predicted octanol–water partition coefficient (Wildman–Crippen LogP) is 3.09. The Bertz CT molecular complexity index is 466. The van der Waals surface area contributed by atoms with Crippen LogP contribution in [0.4, 0.5) is 0 Å². The average Bonchev–Trinajstić information content (AvgIpc) is 2.19. The van der Waals surface area contributed by atoms with Crippen molar-refractivity contribution in [2.75, 3.05) is 0 Å². The standard InChI is InChI=1S/C12H13ClO4/c1-6(2)8-4-9(12(15)16)11(10(13)5-8)17-7(3)14/h4-6H,1-3H3,(H,15,16). The first-order valence-electron chi connectivity index (χ1n) is 5.08. The maximum Gasteiger partial charge on any atom is 0.339 e. The van der Waals surface area contributed by atoms with E-state index in [0.717, 1.165) is 5.56 Å². The Kier molecular flexibility index (Phi) is 4.12. The number of hydrogen-bond donors (Lipinski definition) is 1. The van der Waals surface area contributed by atoms with Crippen molar-refractivity contribution in [1.82, 2.24) is 0 Å². The minimum atomic E-state index is -1.18. The highest BCUT2D eigenvalue weighted by Gasteiger charge is 2.19. The summed E-state index contributed by atoms with van der Waals surface area (Å²) in [6.07, 6.45) is 0. The number of benzene rings is 1. The molecule has 0 bridgehead atoms. The van der Waals surface area contributed by atoms with E-state index >= 15 is 0 Å². The molecule has 92 valence electrons. The number of carbonyl (C=O) groups excluding carboxylic acids is 1. The van der Waals surface area contributed by atoms with Crippen molar-refractivity contribution >= 4 is 23.5 Å². The average molecular weight is 257 g/mol. The molecule has 0 fully saturated rings. The van der Waals surface area contributed by atoms with Crippen LogP contribution in [0.25, 0.3) is 0 Å². The van der Waals surface area contributed by atoms with E-state index in [1.807, 2.05) is 13.8 Å². The summed E-state index contributed by atoms with van der Waals surface area (Å²) in [5.41, 5.74) is 0.680. The zero-order valence-corrected chi connectivity index (χ0v) is 10.5. The summed E-state index contributed by atoms with van der Waals surface area (Å²) in [4.78, 5) is 22.0. The van der Waals surface area contributed by atoms with Crippen molar-refractivity contribution < 1.29 is 19.4 Å². The van der Waals surface area contributed by atoms with E-state index in [2.05, 4.69) is 0 Å². The second-order valence-electron chi connectivity index (χ2n) is 3.93. The lowest BCUT2D eigenvalue weighted by atomic mass is 10.00. The molecule has 0 saturated carbocycles. The van der Waals surface area contributed by atoms with Crippen LogP contribution < -0.4 is 4.74 Å². The highest BCUT2D eigenvalue weighted by Crippen LogP contribution is 2.33. The van der Waals surface area contributed by atoms with Gasteiger partial charge in [0.25, 0.3) is 0 Å². The number of halogens is 1. The lowest BCUT2D eigenvalue weighted by molar-refractivity contribution is -0.131. The number of carboxylic acids is 1. The Morgan fingerprint density at radius 2 is 1.94 bits per heavy atom. The van der Waals surface area contributed by atoms with Crippen LogP contribution in [0.3, 0.4) is 0 Å². The molecule has 17 heavy (non-hydrogen) atoms. The molecule has 0 aliphatic heterocycles. The SMILES string of the molecule is CC(=O)Oc1c(Cl)cc(C(C)C)cc1C(=O)O. The van der Waals surface area contributed by atoms with E-state index in [9.17, 15) is 9.59 Å². The van der Waals surface area contributed by atoms with Gasteiger partial charge in [-0.15, -0.1) is 0 Å². The molecule has 1 N–H and O–H groups in total. The molecule has 0 saturated heterocycles. The molecular weight excluding hydrogens is 244 g/mol. The first-order chi connectivity index (χ1) is 7.82. The quantitative estimate of drug-likeness (QED) is 0.667. The van der Waals surface area contributed by atoms with Crippen molar-refractivity contribution in [3.05, 3.63) is 28.3 Å². The molecular formula is C12H13ClO4. The zero-order chi connectivity index (χ0) is 13.2. The molecule has 0 radical (unpaired) electrons. The molecule has 0 heterocycles. The normalized spacial score (nSPS) is 10.4. The van der Waals surface area contributed by atoms with Crippen LogP contribution in [-0.2, 0) is 4.79 Å². The van der Waals surface area contributed by atoms with Crippen LogP contribution >= 0.6 is 11.6 Å². The molecule has 1 aromatic rings. The van der Waals surface area contributed by atoms with Gasteiger partial charge in [-0.25, -0.2) is 4.79 Å². The molecule has 0 atom stereocenters. The highest BCUT2D eigenvalue weighted by atomic mass is 35.5. The second-order valence-corrected chi connectivity index (χ2v) is 4.34. The number of rotatable bonds is 3. The Balaban J connectivity index is 3.38. The molecule has 1 rings (SSSR count). The lowest BCUT2D eigenvalue weighted by Gasteiger charge is -2.12. The maximum atomic E-state index is 11.1. The number of esters is 1. The minimum absolute atomic E-state index is 0.101. The summed E-state index contributed by atoms with van der Waals surface area (Å²) in [7, 11) is 0. The Morgan fingerprint density at radius 1 is 1.35 bits per heavy atom. The van der Waals surface area contributed by atoms with Crippen LogP contribution in [0.15, 0.2) is 12.1 Å². The Morgan fingerprint density at radius 3 is 2.35 bits per heavy atom. The van der Waals surface area contributed by atoms with Gasteiger partial charge in [-0.05, 0) is 23.6 Å². The van der Waals surface area contributed by atoms with Crippen LogP contribution in [0.1, 0.15) is 42.6 Å². The smallest absolute Gasteiger partial charge is 0.339 e. The summed E-state index contributed by atoms with van der Waals surface area (Å²) in [6, 6.07) is 3.08. The summed E-state index contributed by atoms with van der Waals surface area (Å²) < 4.78 is 4.82. The summed E-state index contributed by atoms with van der Waals surface area (Å²) in [5.74, 6) is -1.75. The Hall–Kier alpha value is -1.55. The van der Waals surface area contributed by atoms with Gasteiger partial charge in [-0.1, -0.05) is 25.4 Å². The van der Waals surface area contributed by atoms with Crippen molar-refractivity contribution in [1.29, 1.82) is 0 Å². The van der Waals surface area contributed by atoms with Gasteiger partial charge in [0, 0.05) is 6.92 Å². The van der Waals surface area contributed by atoms with Gasteiger partial charge in [0.15, 0.2) is 5.75 Å². The molecule has 0 amide bonds. The second kappa shape index (κ2) is 5.19. The number of ether oxygens (including phenoxy) is 1. The molecule has 0 spiro atoms. The van der Waals surface area contributed by atoms with Crippen molar-refractivity contribution in [3.8, 4) is 5.75 Å². The van der Waals surface area contributed by atoms with Gasteiger partial charge in [0.2, 0.25) is 0 Å². The largest absolute Gasteiger partial charge is 0.478 e. The van der Waals surface area contributed by atoms with Crippen LogP contribution in [0.2, 0.25) is 5.02 Å². The fourth-order valence-corrected chi connectivity index (χ4v) is 1.62. The first-order valence-corrected chi connectivity index (χ1v) is 5.46. The van der Waals surface area contributed by atoms with Gasteiger partial charge in [0.05, 0.1) is 5.02 Å². The molecule has 5 heteroatoms. The first kappa shape index (κ1) is 13.5. The van der Waals surface area contributed by atoms with Gasteiger partial charge >= 0.3 is 11.9 Å². The maximum absolute atomic E-state index is 11.1. The third-order valence-electron chi connectivity index (χ3n) is 2.21. The van der Waals surface area contributed by atoms with E-state index in [0.29, 0.717) is 0 Å².